The molecule has 0 N–H and O–H groups in total. The third-order valence-corrected chi connectivity index (χ3v) is 2.71. The molecule has 0 aliphatic carbocycles. The number of halogens is 2. The van der Waals surface area contributed by atoms with E-state index in [2.05, 4.69) is 9.97 Å². The van der Waals surface area contributed by atoms with Crippen LogP contribution in [-0.4, -0.2) is 14.9 Å². The summed E-state index contributed by atoms with van der Waals surface area (Å²) < 4.78 is 5.35. The minimum absolute atomic E-state index is 0.0321. The summed E-state index contributed by atoms with van der Waals surface area (Å²) in [7, 11) is 0. The number of nitrogens with zero attached hydrogens (tertiary/aromatic N) is 3. The number of rotatable bonds is 3. The van der Waals surface area contributed by atoms with Gasteiger partial charge in [-0.3, -0.25) is 10.1 Å². The van der Waals surface area contributed by atoms with Gasteiger partial charge in [0, 0.05) is 5.56 Å². The van der Waals surface area contributed by atoms with E-state index in [0.717, 1.165) is 0 Å². The maximum absolute atomic E-state index is 11.0. The van der Waals surface area contributed by atoms with Crippen LogP contribution in [0.1, 0.15) is 5.56 Å². The van der Waals surface area contributed by atoms with Crippen LogP contribution < -0.4 is 4.74 Å². The van der Waals surface area contributed by atoms with Crippen LogP contribution in [0.4, 0.5) is 5.69 Å². The zero-order valence-electron chi connectivity index (χ0n) is 9.63. The first-order valence-corrected chi connectivity index (χ1v) is 5.84. The van der Waals surface area contributed by atoms with Crippen molar-refractivity contribution in [3.8, 4) is 11.6 Å². The van der Waals surface area contributed by atoms with Crippen LogP contribution in [0.5, 0.6) is 11.6 Å². The van der Waals surface area contributed by atoms with Crippen LogP contribution in [0.2, 0.25) is 10.3 Å². The summed E-state index contributed by atoms with van der Waals surface area (Å²) in [5.41, 5.74) is 0.326. The van der Waals surface area contributed by atoms with E-state index in [4.69, 9.17) is 27.9 Å². The summed E-state index contributed by atoms with van der Waals surface area (Å²) in [4.78, 5) is 17.9. The van der Waals surface area contributed by atoms with Gasteiger partial charge < -0.3 is 4.74 Å². The average molecular weight is 300 g/mol. The van der Waals surface area contributed by atoms with E-state index < -0.39 is 4.92 Å². The molecular weight excluding hydrogens is 293 g/mol. The number of benzene rings is 1. The highest BCUT2D eigenvalue weighted by molar-refractivity contribution is 6.32. The molecule has 1 aromatic heterocycles. The number of para-hydroxylation sites is 1. The predicted molar refractivity (Wildman–Crippen MR) is 70.0 cm³/mol. The lowest BCUT2D eigenvalue weighted by molar-refractivity contribution is -0.386. The second kappa shape index (κ2) is 5.38. The largest absolute Gasteiger partial charge is 0.430 e. The van der Waals surface area contributed by atoms with E-state index >= 15 is 0 Å². The lowest BCUT2D eigenvalue weighted by Gasteiger charge is -2.07. The van der Waals surface area contributed by atoms with Crippen molar-refractivity contribution in [3.05, 3.63) is 50.4 Å². The number of hydrogen-bond acceptors (Lipinski definition) is 5. The van der Waals surface area contributed by atoms with Gasteiger partial charge in [0.15, 0.2) is 0 Å². The van der Waals surface area contributed by atoms with Crippen molar-refractivity contribution in [1.29, 1.82) is 0 Å². The van der Waals surface area contributed by atoms with Crippen molar-refractivity contribution in [2.24, 2.45) is 0 Å². The highest BCUT2D eigenvalue weighted by Gasteiger charge is 2.20. The number of nitro benzene ring substituents is 1. The van der Waals surface area contributed by atoms with Gasteiger partial charge in [-0.05, 0) is 24.6 Å². The van der Waals surface area contributed by atoms with E-state index in [9.17, 15) is 10.1 Å². The molecule has 0 aliphatic heterocycles. The molecule has 2 rings (SSSR count). The van der Waals surface area contributed by atoms with Gasteiger partial charge in [-0.15, -0.1) is 0 Å². The molecule has 2 aromatic rings. The second-order valence-corrected chi connectivity index (χ2v) is 4.32. The lowest BCUT2D eigenvalue weighted by Crippen LogP contribution is -1.98. The predicted octanol–water partition coefficient (Wildman–Crippen LogP) is 3.79. The third-order valence-electron chi connectivity index (χ3n) is 2.27. The first-order chi connectivity index (χ1) is 8.99. The minimum Gasteiger partial charge on any atom is -0.430 e. The normalized spacial score (nSPS) is 10.3. The number of ether oxygens (including phenoxy) is 1. The van der Waals surface area contributed by atoms with Crippen LogP contribution in [0.3, 0.4) is 0 Å². The second-order valence-electron chi connectivity index (χ2n) is 3.57. The number of hydrogen-bond donors (Lipinski definition) is 0. The molecule has 0 unspecified atom stereocenters. The van der Waals surface area contributed by atoms with Crippen molar-refractivity contribution in [1.82, 2.24) is 9.97 Å². The van der Waals surface area contributed by atoms with Gasteiger partial charge in [0.05, 0.1) is 11.1 Å². The minimum atomic E-state index is -0.526. The Morgan fingerprint density at radius 1 is 1.37 bits per heavy atom. The fraction of sp³-hybridized carbons (Fsp3) is 0.0909. The molecule has 0 bridgehead atoms. The van der Waals surface area contributed by atoms with Crippen molar-refractivity contribution >= 4 is 28.9 Å². The Hall–Kier alpha value is -1.92. The molecule has 6 nitrogen and oxygen atoms in total. The van der Waals surface area contributed by atoms with Gasteiger partial charge in [0.1, 0.15) is 5.02 Å². The molecule has 0 saturated heterocycles. The third kappa shape index (κ3) is 2.91. The Labute approximate surface area is 118 Å². The molecule has 0 radical (unpaired) electrons. The van der Waals surface area contributed by atoms with Crippen molar-refractivity contribution in [3.63, 3.8) is 0 Å². The van der Waals surface area contributed by atoms with Gasteiger partial charge in [-0.2, -0.15) is 4.98 Å². The molecule has 8 heteroatoms. The lowest BCUT2D eigenvalue weighted by atomic mass is 10.2. The highest BCUT2D eigenvalue weighted by Crippen LogP contribution is 2.35. The fourth-order valence-corrected chi connectivity index (χ4v) is 1.71. The maximum atomic E-state index is 11.0. The number of aryl methyl sites for hydroxylation is 1. The van der Waals surface area contributed by atoms with Crippen LogP contribution in [-0.2, 0) is 0 Å². The highest BCUT2D eigenvalue weighted by atomic mass is 35.5. The first-order valence-electron chi connectivity index (χ1n) is 5.09. The zero-order chi connectivity index (χ0) is 14.0. The van der Waals surface area contributed by atoms with Crippen LogP contribution in [0.15, 0.2) is 24.4 Å². The average Bonchev–Trinajstić information content (AvgIpc) is 2.33. The SMILES string of the molecule is Cc1cccc(Oc2nc(Cl)ncc2Cl)c1[N+](=O)[O-]. The number of nitro groups is 1. The molecule has 1 aromatic carbocycles. The maximum Gasteiger partial charge on any atom is 0.314 e. The van der Waals surface area contributed by atoms with Gasteiger partial charge >= 0.3 is 5.69 Å². The molecule has 0 amide bonds. The first kappa shape index (κ1) is 13.5. The van der Waals surface area contributed by atoms with Crippen molar-refractivity contribution in [2.75, 3.05) is 0 Å². The number of aromatic nitrogens is 2. The van der Waals surface area contributed by atoms with Gasteiger partial charge in [-0.1, -0.05) is 23.7 Å². The Bertz CT molecular complexity index is 649. The fourth-order valence-electron chi connectivity index (χ4n) is 1.46. The Morgan fingerprint density at radius 2 is 2.11 bits per heavy atom. The summed E-state index contributed by atoms with van der Waals surface area (Å²) in [6, 6.07) is 4.70. The topological polar surface area (TPSA) is 78.2 Å². The Balaban J connectivity index is 2.46. The van der Waals surface area contributed by atoms with Gasteiger partial charge in [-0.25, -0.2) is 4.98 Å². The molecule has 0 atom stereocenters. The van der Waals surface area contributed by atoms with Crippen LogP contribution in [0.25, 0.3) is 0 Å². The molecule has 19 heavy (non-hydrogen) atoms. The van der Waals surface area contributed by atoms with Crippen molar-refractivity contribution < 1.29 is 9.66 Å². The van der Waals surface area contributed by atoms with Crippen molar-refractivity contribution in [2.45, 2.75) is 6.92 Å². The quantitative estimate of drug-likeness (QED) is 0.489. The van der Waals surface area contributed by atoms with E-state index in [0.29, 0.717) is 5.56 Å². The van der Waals surface area contributed by atoms with Gasteiger partial charge in [0.2, 0.25) is 16.9 Å². The molecular formula is C11H7Cl2N3O3. The smallest absolute Gasteiger partial charge is 0.314 e. The summed E-state index contributed by atoms with van der Waals surface area (Å²) in [5.74, 6) is 0.0111. The summed E-state index contributed by atoms with van der Waals surface area (Å²) in [6.45, 7) is 1.61. The molecule has 0 spiro atoms. The van der Waals surface area contributed by atoms with E-state index in [1.807, 2.05) is 0 Å². The Kier molecular flexibility index (Phi) is 3.82. The molecule has 0 saturated carbocycles. The van der Waals surface area contributed by atoms with E-state index in [1.54, 1.807) is 19.1 Å². The van der Waals surface area contributed by atoms with Crippen LogP contribution >= 0.6 is 23.2 Å². The van der Waals surface area contributed by atoms with Gasteiger partial charge in [0.25, 0.3) is 0 Å². The summed E-state index contributed by atoms with van der Waals surface area (Å²) in [6.07, 6.45) is 1.26. The molecule has 0 fully saturated rings. The molecule has 0 aliphatic rings. The van der Waals surface area contributed by atoms with E-state index in [1.165, 1.54) is 12.3 Å². The monoisotopic (exact) mass is 299 g/mol. The Morgan fingerprint density at radius 3 is 2.79 bits per heavy atom. The molecule has 1 heterocycles. The standard InChI is InChI=1S/C11H7Cl2N3O3/c1-6-3-2-4-8(9(6)16(17)18)19-10-7(12)5-14-11(13)15-10/h2-5H,1H3. The summed E-state index contributed by atoms with van der Waals surface area (Å²) >= 11 is 11.5. The zero-order valence-corrected chi connectivity index (χ0v) is 11.1. The summed E-state index contributed by atoms with van der Waals surface area (Å²) in [5, 5.41) is 11.1. The molecule has 98 valence electrons. The van der Waals surface area contributed by atoms with E-state index in [-0.39, 0.29) is 27.6 Å². The van der Waals surface area contributed by atoms with Crippen LogP contribution in [0, 0.1) is 17.0 Å².